The molecule has 7 heteroatoms. The first kappa shape index (κ1) is 13.1. The van der Waals surface area contributed by atoms with Gasteiger partial charge in [0.1, 0.15) is 0 Å². The van der Waals surface area contributed by atoms with Gasteiger partial charge in [0.15, 0.2) is 5.78 Å². The van der Waals surface area contributed by atoms with E-state index in [1.807, 2.05) is 0 Å². The van der Waals surface area contributed by atoms with Crippen molar-refractivity contribution in [2.45, 2.75) is 19.8 Å². The molecular formula is C10H10F2N2O3. The average Bonchev–Trinajstić information content (AvgIpc) is 2.29. The first-order valence-electron chi connectivity index (χ1n) is 4.78. The number of Topliss-reactive ketones (excluding diaryl/α,β-unsaturated/α-hetero) is 1. The molecule has 1 aromatic rings. The maximum Gasteiger partial charge on any atom is 0.401 e. The van der Waals surface area contributed by atoms with Crippen LogP contribution in [0.5, 0.6) is 0 Å². The zero-order valence-corrected chi connectivity index (χ0v) is 9.24. The van der Waals surface area contributed by atoms with Crippen molar-refractivity contribution in [3.63, 3.8) is 0 Å². The molecule has 0 aliphatic carbocycles. The van der Waals surface area contributed by atoms with Crippen LogP contribution in [0.15, 0.2) is 12.4 Å². The lowest BCUT2D eigenvalue weighted by molar-refractivity contribution is -0.174. The van der Waals surface area contributed by atoms with E-state index in [4.69, 9.17) is 0 Å². The van der Waals surface area contributed by atoms with E-state index in [2.05, 4.69) is 14.7 Å². The summed E-state index contributed by atoms with van der Waals surface area (Å²) in [4.78, 5) is 28.4. The Labute approximate surface area is 95.8 Å². The molecule has 0 atom stereocenters. The number of esters is 1. The minimum absolute atomic E-state index is 0.0911. The molecule has 0 aliphatic rings. The predicted molar refractivity (Wildman–Crippen MR) is 52.6 cm³/mol. The molecule has 0 radical (unpaired) electrons. The van der Waals surface area contributed by atoms with Crippen LogP contribution in [-0.2, 0) is 15.5 Å². The van der Waals surface area contributed by atoms with Gasteiger partial charge < -0.3 is 4.74 Å². The Morgan fingerprint density at radius 3 is 2.29 bits per heavy atom. The summed E-state index contributed by atoms with van der Waals surface area (Å²) in [7, 11) is 0. The lowest BCUT2D eigenvalue weighted by Gasteiger charge is -2.12. The molecule has 0 bridgehead atoms. The van der Waals surface area contributed by atoms with Crippen LogP contribution in [0.2, 0.25) is 0 Å². The fourth-order valence-electron chi connectivity index (χ4n) is 0.985. The number of aromatic nitrogens is 2. The minimum Gasteiger partial charge on any atom is -0.461 e. The van der Waals surface area contributed by atoms with Gasteiger partial charge >= 0.3 is 11.9 Å². The first-order valence-corrected chi connectivity index (χ1v) is 4.78. The van der Waals surface area contributed by atoms with Crippen LogP contribution in [0.1, 0.15) is 30.0 Å². The second-order valence-corrected chi connectivity index (χ2v) is 3.15. The molecular weight excluding hydrogens is 234 g/mol. The smallest absolute Gasteiger partial charge is 0.401 e. The third kappa shape index (κ3) is 2.80. The summed E-state index contributed by atoms with van der Waals surface area (Å²) in [6.45, 7) is 2.50. The van der Waals surface area contributed by atoms with Crippen molar-refractivity contribution in [1.29, 1.82) is 0 Å². The third-order valence-electron chi connectivity index (χ3n) is 1.87. The van der Waals surface area contributed by atoms with E-state index in [0.717, 1.165) is 12.4 Å². The topological polar surface area (TPSA) is 69.2 Å². The molecule has 0 saturated heterocycles. The molecule has 0 fully saturated rings. The zero-order chi connectivity index (χ0) is 13.1. The molecule has 0 spiro atoms. The number of nitrogens with zero attached hydrogens (tertiary/aromatic N) is 2. The first-order chi connectivity index (χ1) is 7.89. The highest BCUT2D eigenvalue weighted by molar-refractivity contribution is 5.93. The molecule has 0 aliphatic heterocycles. The number of hydrogen-bond acceptors (Lipinski definition) is 5. The fraction of sp³-hybridized carbons (Fsp3) is 0.400. The Balaban J connectivity index is 2.99. The predicted octanol–water partition coefficient (Wildman–Crippen LogP) is 1.33. The van der Waals surface area contributed by atoms with E-state index in [1.54, 1.807) is 0 Å². The van der Waals surface area contributed by atoms with Crippen molar-refractivity contribution < 1.29 is 23.1 Å². The van der Waals surface area contributed by atoms with Crippen LogP contribution in [0.25, 0.3) is 0 Å². The summed E-state index contributed by atoms with van der Waals surface area (Å²) in [6, 6.07) is 0. The molecule has 0 amide bonds. The molecule has 1 rings (SSSR count). The van der Waals surface area contributed by atoms with Crippen molar-refractivity contribution in [1.82, 2.24) is 9.97 Å². The van der Waals surface area contributed by atoms with Gasteiger partial charge in [-0.1, -0.05) is 0 Å². The van der Waals surface area contributed by atoms with Gasteiger partial charge in [-0.05, 0) is 13.8 Å². The molecule has 0 saturated carbocycles. The Hall–Kier alpha value is -1.92. The summed E-state index contributed by atoms with van der Waals surface area (Å²) in [5.74, 6) is -6.96. The van der Waals surface area contributed by atoms with Crippen LogP contribution < -0.4 is 0 Å². The second kappa shape index (κ2) is 4.94. The van der Waals surface area contributed by atoms with E-state index in [0.29, 0.717) is 0 Å². The maximum absolute atomic E-state index is 13.4. The van der Waals surface area contributed by atoms with Gasteiger partial charge in [0, 0.05) is 12.4 Å². The molecule has 0 unspecified atom stereocenters. The fourth-order valence-corrected chi connectivity index (χ4v) is 0.985. The number of halogens is 2. The SMILES string of the molecule is CCOC(=O)C(F)(F)c1ncc(C(C)=O)cn1. The van der Waals surface area contributed by atoms with E-state index in [1.165, 1.54) is 13.8 Å². The van der Waals surface area contributed by atoms with Gasteiger partial charge in [-0.25, -0.2) is 14.8 Å². The lowest BCUT2D eigenvalue weighted by Crippen LogP contribution is -2.30. The Kier molecular flexibility index (Phi) is 3.82. The van der Waals surface area contributed by atoms with Crippen molar-refractivity contribution in [3.05, 3.63) is 23.8 Å². The summed E-state index contributed by atoms with van der Waals surface area (Å²) in [6.07, 6.45) is 1.88. The van der Waals surface area contributed by atoms with Gasteiger partial charge in [0.05, 0.1) is 12.2 Å². The molecule has 5 nitrogen and oxygen atoms in total. The molecule has 92 valence electrons. The second-order valence-electron chi connectivity index (χ2n) is 3.15. The summed E-state index contributed by atoms with van der Waals surface area (Å²) in [5, 5.41) is 0. The Morgan fingerprint density at radius 2 is 1.88 bits per heavy atom. The van der Waals surface area contributed by atoms with Gasteiger partial charge in [0.25, 0.3) is 0 Å². The number of ketones is 1. The third-order valence-corrected chi connectivity index (χ3v) is 1.87. The van der Waals surface area contributed by atoms with Gasteiger partial charge in [0.2, 0.25) is 5.82 Å². The number of carbonyl (C=O) groups excluding carboxylic acids is 2. The average molecular weight is 244 g/mol. The summed E-state index contributed by atoms with van der Waals surface area (Å²) in [5.41, 5.74) is 0.0911. The van der Waals surface area contributed by atoms with E-state index < -0.39 is 17.7 Å². The summed E-state index contributed by atoms with van der Waals surface area (Å²) < 4.78 is 31.0. The summed E-state index contributed by atoms with van der Waals surface area (Å²) >= 11 is 0. The van der Waals surface area contributed by atoms with Gasteiger partial charge in [-0.15, -0.1) is 0 Å². The highest BCUT2D eigenvalue weighted by Gasteiger charge is 2.45. The quantitative estimate of drug-likeness (QED) is 0.590. The monoisotopic (exact) mass is 244 g/mol. The molecule has 0 N–H and O–H groups in total. The number of rotatable bonds is 4. The molecule has 1 heterocycles. The molecule has 1 aromatic heterocycles. The Morgan fingerprint density at radius 1 is 1.35 bits per heavy atom. The number of hydrogen-bond donors (Lipinski definition) is 0. The van der Waals surface area contributed by atoms with E-state index in [-0.39, 0.29) is 18.0 Å². The van der Waals surface area contributed by atoms with Crippen LogP contribution in [0.4, 0.5) is 8.78 Å². The van der Waals surface area contributed by atoms with Crippen LogP contribution in [0, 0.1) is 0 Å². The van der Waals surface area contributed by atoms with Gasteiger partial charge in [-0.3, -0.25) is 4.79 Å². The Bertz CT molecular complexity index is 432. The van der Waals surface area contributed by atoms with Crippen molar-refractivity contribution in [3.8, 4) is 0 Å². The highest BCUT2D eigenvalue weighted by Crippen LogP contribution is 2.26. The highest BCUT2D eigenvalue weighted by atomic mass is 19.3. The van der Waals surface area contributed by atoms with Crippen LogP contribution >= 0.6 is 0 Å². The maximum atomic E-state index is 13.4. The normalized spacial score (nSPS) is 11.1. The van der Waals surface area contributed by atoms with Crippen molar-refractivity contribution in [2.75, 3.05) is 6.61 Å². The number of alkyl halides is 2. The van der Waals surface area contributed by atoms with Crippen LogP contribution in [0.3, 0.4) is 0 Å². The molecule has 17 heavy (non-hydrogen) atoms. The number of ether oxygens (including phenoxy) is 1. The molecule has 0 aromatic carbocycles. The zero-order valence-electron chi connectivity index (χ0n) is 9.24. The van der Waals surface area contributed by atoms with Crippen LogP contribution in [-0.4, -0.2) is 28.3 Å². The van der Waals surface area contributed by atoms with Gasteiger partial charge in [-0.2, -0.15) is 8.78 Å². The van der Waals surface area contributed by atoms with Crippen molar-refractivity contribution >= 4 is 11.8 Å². The lowest BCUT2D eigenvalue weighted by atomic mass is 10.2. The largest absolute Gasteiger partial charge is 0.461 e. The van der Waals surface area contributed by atoms with E-state index in [9.17, 15) is 18.4 Å². The van der Waals surface area contributed by atoms with Crippen molar-refractivity contribution in [2.24, 2.45) is 0 Å². The standard InChI is InChI=1S/C10H10F2N2O3/c1-3-17-9(16)10(11,12)8-13-4-7(5-14-8)6(2)15/h4-5H,3H2,1-2H3. The minimum atomic E-state index is -3.91. The number of carbonyl (C=O) groups is 2. The van der Waals surface area contributed by atoms with E-state index >= 15 is 0 Å².